The summed E-state index contributed by atoms with van der Waals surface area (Å²) >= 11 is 5.40. The predicted octanol–water partition coefficient (Wildman–Crippen LogP) is 3.17. The van der Waals surface area contributed by atoms with Gasteiger partial charge >= 0.3 is 0 Å². The summed E-state index contributed by atoms with van der Waals surface area (Å²) in [5, 5.41) is 19.5. The van der Waals surface area contributed by atoms with Crippen LogP contribution in [0.25, 0.3) is 17.1 Å². The number of nitrogens with zero attached hydrogens (tertiary/aromatic N) is 6. The number of aromatic nitrogens is 7. The minimum absolute atomic E-state index is 0.238. The first-order valence-electron chi connectivity index (χ1n) is 8.58. The summed E-state index contributed by atoms with van der Waals surface area (Å²) in [6, 6.07) is 13.5. The molecule has 0 bridgehead atoms. The first-order chi connectivity index (χ1) is 13.7. The highest BCUT2D eigenvalue weighted by molar-refractivity contribution is 7.71. The van der Waals surface area contributed by atoms with E-state index < -0.39 is 0 Å². The van der Waals surface area contributed by atoms with E-state index in [-0.39, 0.29) is 12.4 Å². The summed E-state index contributed by atoms with van der Waals surface area (Å²) < 4.78 is 21.0. The second kappa shape index (κ2) is 7.69. The average molecular weight is 397 g/mol. The molecule has 0 saturated heterocycles. The first kappa shape index (κ1) is 18.0. The molecule has 0 spiro atoms. The van der Waals surface area contributed by atoms with E-state index in [1.54, 1.807) is 16.7 Å². The highest BCUT2D eigenvalue weighted by Crippen LogP contribution is 2.24. The van der Waals surface area contributed by atoms with Gasteiger partial charge in [0.25, 0.3) is 0 Å². The standard InChI is InChI=1S/C18H16FN7OS/c1-2-27-15-6-4-3-5-14(15)26-16(20-22-18(26)28)11-25-23-17(21-24-25)12-7-9-13(19)10-8-12/h3-10H,2,11H2,1H3,(H,22,28). The molecule has 4 aromatic rings. The molecule has 0 aliphatic heterocycles. The zero-order chi connectivity index (χ0) is 19.5. The molecule has 0 fully saturated rings. The highest BCUT2D eigenvalue weighted by atomic mass is 32.1. The minimum atomic E-state index is -0.320. The third kappa shape index (κ3) is 3.54. The fraction of sp³-hybridized carbons (Fsp3) is 0.167. The van der Waals surface area contributed by atoms with E-state index in [9.17, 15) is 4.39 Å². The molecule has 0 atom stereocenters. The van der Waals surface area contributed by atoms with Gasteiger partial charge in [0.15, 0.2) is 10.6 Å². The van der Waals surface area contributed by atoms with Gasteiger partial charge in [-0.2, -0.15) is 9.90 Å². The summed E-state index contributed by atoms with van der Waals surface area (Å²) in [7, 11) is 0. The van der Waals surface area contributed by atoms with Crippen LogP contribution < -0.4 is 4.74 Å². The fourth-order valence-corrected chi connectivity index (χ4v) is 3.00. The number of aromatic amines is 1. The summed E-state index contributed by atoms with van der Waals surface area (Å²) in [6.07, 6.45) is 0. The van der Waals surface area contributed by atoms with Crippen molar-refractivity contribution >= 4 is 12.2 Å². The summed E-state index contributed by atoms with van der Waals surface area (Å²) in [5.74, 6) is 1.37. The molecule has 2 heterocycles. The number of H-pyrrole nitrogens is 1. The number of ether oxygens (including phenoxy) is 1. The Balaban J connectivity index is 1.66. The van der Waals surface area contributed by atoms with Crippen LogP contribution in [0.2, 0.25) is 0 Å². The SMILES string of the molecule is CCOc1ccccc1-n1c(Cn2nnc(-c3ccc(F)cc3)n2)n[nH]c1=S. The zero-order valence-corrected chi connectivity index (χ0v) is 15.7. The van der Waals surface area contributed by atoms with Crippen molar-refractivity contribution in [2.24, 2.45) is 0 Å². The topological polar surface area (TPSA) is 86.4 Å². The van der Waals surface area contributed by atoms with Crippen LogP contribution in [0.1, 0.15) is 12.7 Å². The van der Waals surface area contributed by atoms with E-state index in [0.717, 1.165) is 5.69 Å². The number of tetrazole rings is 1. The van der Waals surface area contributed by atoms with Crippen LogP contribution >= 0.6 is 12.2 Å². The molecule has 2 aromatic heterocycles. The van der Waals surface area contributed by atoms with Crippen molar-refractivity contribution < 1.29 is 9.13 Å². The third-order valence-electron chi connectivity index (χ3n) is 3.99. The van der Waals surface area contributed by atoms with Crippen LogP contribution in [-0.2, 0) is 6.54 Å². The van der Waals surface area contributed by atoms with E-state index in [2.05, 4.69) is 25.6 Å². The van der Waals surface area contributed by atoms with Crippen LogP contribution in [0.3, 0.4) is 0 Å². The van der Waals surface area contributed by atoms with E-state index in [1.807, 2.05) is 31.2 Å². The van der Waals surface area contributed by atoms with Gasteiger partial charge in [-0.15, -0.1) is 10.2 Å². The molecule has 0 unspecified atom stereocenters. The number of hydrogen-bond donors (Lipinski definition) is 1. The summed E-state index contributed by atoms with van der Waals surface area (Å²) in [4.78, 5) is 1.41. The molecule has 1 N–H and O–H groups in total. The maximum absolute atomic E-state index is 13.1. The molecular weight excluding hydrogens is 381 g/mol. The lowest BCUT2D eigenvalue weighted by atomic mass is 10.2. The van der Waals surface area contributed by atoms with E-state index in [0.29, 0.717) is 34.3 Å². The van der Waals surface area contributed by atoms with Gasteiger partial charge in [-0.25, -0.2) is 4.39 Å². The maximum atomic E-state index is 13.1. The molecular formula is C18H16FN7OS. The Morgan fingerprint density at radius 2 is 1.93 bits per heavy atom. The number of halogens is 1. The van der Waals surface area contributed by atoms with Crippen LogP contribution in [0.15, 0.2) is 48.5 Å². The van der Waals surface area contributed by atoms with Gasteiger partial charge in [0.05, 0.1) is 12.3 Å². The predicted molar refractivity (Wildman–Crippen MR) is 102 cm³/mol. The Bertz CT molecular complexity index is 1150. The number of nitrogens with one attached hydrogen (secondary N) is 1. The Morgan fingerprint density at radius 3 is 2.71 bits per heavy atom. The molecule has 142 valence electrons. The van der Waals surface area contributed by atoms with Crippen LogP contribution in [-0.4, -0.2) is 41.6 Å². The second-order valence-corrected chi connectivity index (χ2v) is 6.22. The van der Waals surface area contributed by atoms with Crippen molar-refractivity contribution in [1.29, 1.82) is 0 Å². The van der Waals surface area contributed by atoms with Gasteiger partial charge in [-0.1, -0.05) is 12.1 Å². The first-order valence-corrected chi connectivity index (χ1v) is 8.99. The van der Waals surface area contributed by atoms with Gasteiger partial charge in [0, 0.05) is 5.56 Å². The lowest BCUT2D eigenvalue weighted by Gasteiger charge is -2.12. The zero-order valence-electron chi connectivity index (χ0n) is 14.9. The Hall–Kier alpha value is -3.40. The average Bonchev–Trinajstić information content (AvgIpc) is 3.31. The number of para-hydroxylation sites is 2. The molecule has 0 amide bonds. The molecule has 0 saturated carbocycles. The molecule has 10 heteroatoms. The van der Waals surface area contributed by atoms with E-state index >= 15 is 0 Å². The van der Waals surface area contributed by atoms with Crippen molar-refractivity contribution in [2.45, 2.75) is 13.5 Å². The molecule has 4 rings (SSSR count). The molecule has 0 aliphatic carbocycles. The largest absolute Gasteiger partial charge is 0.492 e. The quantitative estimate of drug-likeness (QED) is 0.503. The van der Waals surface area contributed by atoms with Crippen LogP contribution in [0, 0.1) is 10.6 Å². The van der Waals surface area contributed by atoms with E-state index in [1.165, 1.54) is 16.9 Å². The molecule has 2 aromatic carbocycles. The summed E-state index contributed by atoms with van der Waals surface area (Å²) in [6.45, 7) is 2.69. The van der Waals surface area contributed by atoms with Gasteiger partial charge < -0.3 is 4.74 Å². The van der Waals surface area contributed by atoms with Gasteiger partial charge in [0.2, 0.25) is 5.82 Å². The summed E-state index contributed by atoms with van der Waals surface area (Å²) in [5.41, 5.74) is 1.45. The van der Waals surface area contributed by atoms with Crippen molar-refractivity contribution in [1.82, 2.24) is 35.0 Å². The second-order valence-electron chi connectivity index (χ2n) is 5.83. The Kier molecular flexibility index (Phi) is 4.94. The molecule has 28 heavy (non-hydrogen) atoms. The normalized spacial score (nSPS) is 10.9. The molecule has 8 nitrogen and oxygen atoms in total. The Morgan fingerprint density at radius 1 is 1.14 bits per heavy atom. The van der Waals surface area contributed by atoms with E-state index in [4.69, 9.17) is 17.0 Å². The number of benzene rings is 2. The molecule has 0 radical (unpaired) electrons. The van der Waals surface area contributed by atoms with Gasteiger partial charge in [-0.3, -0.25) is 9.67 Å². The lowest BCUT2D eigenvalue weighted by molar-refractivity contribution is 0.338. The van der Waals surface area contributed by atoms with Gasteiger partial charge in [0.1, 0.15) is 18.1 Å². The van der Waals surface area contributed by atoms with Crippen molar-refractivity contribution in [3.05, 3.63) is 64.9 Å². The van der Waals surface area contributed by atoms with Crippen molar-refractivity contribution in [2.75, 3.05) is 6.61 Å². The number of hydrogen-bond acceptors (Lipinski definition) is 6. The smallest absolute Gasteiger partial charge is 0.204 e. The van der Waals surface area contributed by atoms with Crippen LogP contribution in [0.5, 0.6) is 5.75 Å². The third-order valence-corrected chi connectivity index (χ3v) is 4.26. The molecule has 0 aliphatic rings. The lowest BCUT2D eigenvalue weighted by Crippen LogP contribution is -2.11. The number of rotatable bonds is 6. The monoisotopic (exact) mass is 397 g/mol. The van der Waals surface area contributed by atoms with Crippen LogP contribution in [0.4, 0.5) is 4.39 Å². The maximum Gasteiger partial charge on any atom is 0.204 e. The highest BCUT2D eigenvalue weighted by Gasteiger charge is 2.15. The Labute approximate surface area is 164 Å². The van der Waals surface area contributed by atoms with Crippen molar-refractivity contribution in [3.8, 4) is 22.8 Å². The van der Waals surface area contributed by atoms with Gasteiger partial charge in [-0.05, 0) is 60.8 Å². The van der Waals surface area contributed by atoms with Crippen molar-refractivity contribution in [3.63, 3.8) is 0 Å². The minimum Gasteiger partial charge on any atom is -0.492 e. The fourth-order valence-electron chi connectivity index (χ4n) is 2.75.